The Hall–Kier alpha value is -3.86. The van der Waals surface area contributed by atoms with E-state index in [0.29, 0.717) is 0 Å². The predicted molar refractivity (Wildman–Crippen MR) is 173 cm³/mol. The summed E-state index contributed by atoms with van der Waals surface area (Å²) < 4.78 is 31.6. The maximum Gasteiger partial charge on any atom is 2.00 e. The zero-order chi connectivity index (χ0) is 28.9. The van der Waals surface area contributed by atoms with Crippen molar-refractivity contribution in [1.29, 1.82) is 0 Å². The number of hydrogen-bond donors (Lipinski definition) is 2. The van der Waals surface area contributed by atoms with Crippen LogP contribution in [-0.2, 0) is 30.8 Å². The first-order chi connectivity index (χ1) is 19.9. The van der Waals surface area contributed by atoms with Gasteiger partial charge in [0.1, 0.15) is 0 Å². The smallest absolute Gasteiger partial charge is 0.360 e. The summed E-state index contributed by atoms with van der Waals surface area (Å²) in [5, 5.41) is 0. The fourth-order valence-corrected chi connectivity index (χ4v) is 4.08. The van der Waals surface area contributed by atoms with E-state index in [2.05, 4.69) is 70.9 Å². The normalized spacial score (nSPS) is 9.91. The maximum absolute atomic E-state index is 8.74. The Labute approximate surface area is 269 Å². The molecule has 2 heterocycles. The maximum atomic E-state index is 8.74. The molecule has 0 radical (unpaired) electrons. The van der Waals surface area contributed by atoms with Crippen LogP contribution in [0.1, 0.15) is 0 Å². The van der Waals surface area contributed by atoms with Crippen LogP contribution in [0.2, 0.25) is 0 Å². The fraction of sp³-hybridized carbons (Fsp3) is 0. The summed E-state index contributed by atoms with van der Waals surface area (Å²) in [4.78, 5) is 8.24. The minimum atomic E-state index is -4.67. The van der Waals surface area contributed by atoms with Crippen LogP contribution in [0.4, 0.5) is 0 Å². The molecule has 0 amide bonds. The molecule has 0 fully saturated rings. The van der Waals surface area contributed by atoms with Crippen LogP contribution < -0.4 is 0 Å². The van der Waals surface area contributed by atoms with E-state index in [1.54, 1.807) is 12.4 Å². The second kappa shape index (κ2) is 18.0. The van der Waals surface area contributed by atoms with E-state index in [9.17, 15) is 0 Å². The summed E-state index contributed by atoms with van der Waals surface area (Å²) in [6, 6.07) is 45.2. The van der Waals surface area contributed by atoms with Gasteiger partial charge in [0.05, 0.1) is 0 Å². The van der Waals surface area contributed by atoms with E-state index >= 15 is 0 Å². The summed E-state index contributed by atoms with van der Waals surface area (Å²) in [6.45, 7) is 0. The number of pyridine rings is 2. The minimum Gasteiger partial charge on any atom is -0.360 e. The van der Waals surface area contributed by atoms with Crippen molar-refractivity contribution in [3.8, 4) is 44.5 Å². The van der Waals surface area contributed by atoms with E-state index in [1.807, 2.05) is 84.9 Å². The van der Waals surface area contributed by atoms with Crippen LogP contribution >= 0.6 is 9.90 Å². The fourth-order valence-electron chi connectivity index (χ4n) is 4.08. The Balaban J connectivity index is 0.000000250. The van der Waals surface area contributed by atoms with Crippen molar-refractivity contribution in [2.45, 2.75) is 0 Å². The second-order valence-electron chi connectivity index (χ2n) is 8.60. The molecule has 0 saturated carbocycles. The van der Waals surface area contributed by atoms with Gasteiger partial charge in [0, 0.05) is 0 Å². The molecule has 6 rings (SSSR count). The first-order valence-corrected chi connectivity index (χ1v) is 13.9. The Morgan fingerprint density at radius 3 is 1.00 bits per heavy atom. The molecule has 9 heteroatoms. The van der Waals surface area contributed by atoms with E-state index in [1.165, 1.54) is 11.1 Å². The molecule has 0 aliphatic rings. The zero-order valence-corrected chi connectivity index (χ0v) is 26.7. The molecule has 2 aromatic heterocycles. The third kappa shape index (κ3) is 11.4. The minimum absolute atomic E-state index is 0. The third-order valence-corrected chi connectivity index (χ3v) is 5.82. The molecule has 1 atom stereocenters. The molecule has 220 valence electrons. The summed E-state index contributed by atoms with van der Waals surface area (Å²) in [6.07, 6.45) is 9.78. The van der Waals surface area contributed by atoms with Crippen LogP contribution in [0.5, 0.6) is 0 Å². The van der Waals surface area contributed by atoms with Gasteiger partial charge in [-0.05, 0) is 12.4 Å². The van der Waals surface area contributed by atoms with Gasteiger partial charge in [-0.1, -0.05) is 167 Å². The molecule has 0 aliphatic heterocycles. The summed E-state index contributed by atoms with van der Waals surface area (Å²) in [5.74, 6) is 0. The van der Waals surface area contributed by atoms with Crippen molar-refractivity contribution in [3.05, 3.63) is 158 Å². The predicted octanol–water partition coefficient (Wildman–Crippen LogP) is 7.83. The first-order valence-electron chi connectivity index (χ1n) is 12.5. The van der Waals surface area contributed by atoms with Crippen molar-refractivity contribution in [2.24, 2.45) is 0 Å². The molecule has 2 N–H and O–H groups in total. The Kier molecular flexibility index (Phi) is 14.8. The van der Waals surface area contributed by atoms with E-state index < -0.39 is 10.4 Å². The average Bonchev–Trinajstić information content (AvgIpc) is 3.02. The number of benzene rings is 4. The van der Waals surface area contributed by atoms with Gasteiger partial charge >= 0.3 is 30.8 Å². The molecule has 6 nitrogen and oxygen atoms in total. The number of rotatable bonds is 4. The van der Waals surface area contributed by atoms with Crippen molar-refractivity contribution >= 4 is 20.3 Å². The van der Waals surface area contributed by atoms with Crippen LogP contribution in [0.15, 0.2) is 146 Å². The molecular formula is C34H29N2O4PPdS. The second-order valence-corrected chi connectivity index (χ2v) is 9.50. The number of aromatic nitrogens is 2. The van der Waals surface area contributed by atoms with Crippen LogP contribution in [0, 0.1) is 12.4 Å². The van der Waals surface area contributed by atoms with Gasteiger partial charge < -0.3 is 9.97 Å². The van der Waals surface area contributed by atoms with Crippen molar-refractivity contribution < 1.29 is 37.9 Å². The van der Waals surface area contributed by atoms with Gasteiger partial charge in [0.15, 0.2) is 0 Å². The van der Waals surface area contributed by atoms with Crippen LogP contribution in [0.3, 0.4) is 0 Å². The van der Waals surface area contributed by atoms with Gasteiger partial charge in [-0.15, -0.1) is 23.3 Å². The number of nitrogens with zero attached hydrogens (tertiary/aromatic N) is 2. The zero-order valence-electron chi connectivity index (χ0n) is 22.9. The first kappa shape index (κ1) is 35.3. The molecule has 0 bridgehead atoms. The van der Waals surface area contributed by atoms with Gasteiger partial charge in [-0.3, -0.25) is 9.11 Å². The van der Waals surface area contributed by atoms with Crippen LogP contribution in [0.25, 0.3) is 44.5 Å². The van der Waals surface area contributed by atoms with Gasteiger partial charge in [0.25, 0.3) is 0 Å². The Morgan fingerprint density at radius 1 is 0.465 bits per heavy atom. The van der Waals surface area contributed by atoms with E-state index in [-0.39, 0.29) is 30.3 Å². The summed E-state index contributed by atoms with van der Waals surface area (Å²) >= 11 is 0. The molecule has 0 saturated heterocycles. The summed E-state index contributed by atoms with van der Waals surface area (Å²) in [5.41, 5.74) is 9.08. The van der Waals surface area contributed by atoms with E-state index in [0.717, 1.165) is 33.4 Å². The third-order valence-electron chi connectivity index (χ3n) is 5.82. The standard InChI is InChI=1S/2C17H12N.H2O4S.H3P.Pd/c2*1-3-7-14(8-4-1)16-11-12-18-13-17(16)15-9-5-2-6-10-15;1-5(2,3)4;;/h2*1-12H;(H2,1,2,3,4);1H3;/q2*-1;;;+2. The monoisotopic (exact) mass is 698 g/mol. The Morgan fingerprint density at radius 2 is 0.721 bits per heavy atom. The largest absolute Gasteiger partial charge is 2.00 e. The molecule has 0 spiro atoms. The summed E-state index contributed by atoms with van der Waals surface area (Å²) in [7, 11) is -4.67. The SMILES string of the molecule is O=S(=O)(O)O.P.[Pd+2].[c-]1nccc(-c2ccccc2)c1-c1ccccc1.[c-]1nccc(-c2ccccc2)c1-c1ccccc1. The number of hydrogen-bond acceptors (Lipinski definition) is 4. The quantitative estimate of drug-likeness (QED) is 0.0843. The van der Waals surface area contributed by atoms with Crippen molar-refractivity contribution in [2.75, 3.05) is 0 Å². The van der Waals surface area contributed by atoms with Gasteiger partial charge in [0.2, 0.25) is 0 Å². The van der Waals surface area contributed by atoms with Crippen molar-refractivity contribution in [1.82, 2.24) is 9.97 Å². The van der Waals surface area contributed by atoms with Crippen LogP contribution in [-0.4, -0.2) is 27.5 Å². The molecular weight excluding hydrogens is 670 g/mol. The molecule has 0 aliphatic carbocycles. The average molecular weight is 699 g/mol. The molecule has 4 aromatic carbocycles. The topological polar surface area (TPSA) is 100 Å². The molecule has 1 unspecified atom stereocenters. The Bertz CT molecular complexity index is 1520. The van der Waals surface area contributed by atoms with Gasteiger partial charge in [-0.2, -0.15) is 18.3 Å². The van der Waals surface area contributed by atoms with Crippen molar-refractivity contribution in [3.63, 3.8) is 0 Å². The molecule has 43 heavy (non-hydrogen) atoms. The van der Waals surface area contributed by atoms with E-state index in [4.69, 9.17) is 17.5 Å². The molecule has 6 aromatic rings. The van der Waals surface area contributed by atoms with Gasteiger partial charge in [-0.25, -0.2) is 0 Å².